The van der Waals surface area contributed by atoms with E-state index in [4.69, 9.17) is 14.9 Å². The van der Waals surface area contributed by atoms with Crippen LogP contribution in [0.3, 0.4) is 0 Å². The quantitative estimate of drug-likeness (QED) is 0.669. The minimum Gasteiger partial charge on any atom is -0.475 e. The van der Waals surface area contributed by atoms with Crippen LogP contribution < -0.4 is 10.2 Å². The highest BCUT2D eigenvalue weighted by Gasteiger charge is 2.38. The Bertz CT molecular complexity index is 984. The summed E-state index contributed by atoms with van der Waals surface area (Å²) in [6.45, 7) is 6.69. The molecule has 0 saturated heterocycles. The number of fused-ring (bicyclic) bond motifs is 1. The van der Waals surface area contributed by atoms with E-state index in [9.17, 15) is 18.0 Å². The Morgan fingerprint density at radius 1 is 1.18 bits per heavy atom. The van der Waals surface area contributed by atoms with E-state index in [1.54, 1.807) is 31.4 Å². The van der Waals surface area contributed by atoms with Gasteiger partial charge in [0.25, 0.3) is 5.91 Å². The van der Waals surface area contributed by atoms with Gasteiger partial charge in [0, 0.05) is 58.2 Å². The first-order valence-corrected chi connectivity index (χ1v) is 10.7. The fourth-order valence-electron chi connectivity index (χ4n) is 3.13. The van der Waals surface area contributed by atoms with E-state index in [1.807, 2.05) is 12.1 Å². The van der Waals surface area contributed by atoms with Crippen LogP contribution in [-0.2, 0) is 17.6 Å². The minimum absolute atomic E-state index is 0.0240. The molecule has 0 bridgehead atoms. The summed E-state index contributed by atoms with van der Waals surface area (Å²) < 4.78 is 31.7. The molecule has 186 valence electrons. The van der Waals surface area contributed by atoms with Gasteiger partial charge in [-0.05, 0) is 30.0 Å². The molecule has 12 heteroatoms. The highest BCUT2D eigenvalue weighted by Crippen LogP contribution is 2.24. The molecule has 1 amide bonds. The van der Waals surface area contributed by atoms with Crippen LogP contribution in [0.5, 0.6) is 0 Å². The van der Waals surface area contributed by atoms with Gasteiger partial charge in [-0.25, -0.2) is 19.7 Å². The highest BCUT2D eigenvalue weighted by atomic mass is 19.4. The van der Waals surface area contributed by atoms with Gasteiger partial charge in [-0.15, -0.1) is 0 Å². The second-order valence-electron chi connectivity index (χ2n) is 8.30. The number of carboxylic acids is 1. The van der Waals surface area contributed by atoms with Crippen LogP contribution in [0.15, 0.2) is 24.5 Å². The van der Waals surface area contributed by atoms with E-state index in [2.05, 4.69) is 34.0 Å². The molecule has 9 nitrogen and oxygen atoms in total. The number of rotatable bonds is 5. The number of aromatic nitrogens is 3. The minimum atomic E-state index is -5.08. The molecule has 3 rings (SSSR count). The Hall–Kier alpha value is -3.44. The number of carbonyl (C=O) groups is 2. The molecule has 0 aromatic carbocycles. The standard InChI is InChI=1S/C20H28N6O.C2HF3O2/c1-14(2)13-23-18-16(19(27)25(3)4)12-15-6-10-26(11-7-17(15)24-18)20-21-8-5-9-22-20;3-2(4,5)1(6)7/h5,8-9,12,14H,6-7,10-11,13H2,1-4H3,(H,23,24);(H,6,7). The Balaban J connectivity index is 0.000000509. The molecule has 1 aliphatic heterocycles. The number of aliphatic carboxylic acids is 1. The summed E-state index contributed by atoms with van der Waals surface area (Å²) in [5.41, 5.74) is 2.83. The molecule has 2 aromatic rings. The topological polar surface area (TPSA) is 112 Å². The zero-order valence-corrected chi connectivity index (χ0v) is 19.6. The molecule has 3 heterocycles. The number of alkyl halides is 3. The number of carbonyl (C=O) groups excluding carboxylic acids is 1. The summed E-state index contributed by atoms with van der Waals surface area (Å²) in [4.78, 5) is 38.9. The van der Waals surface area contributed by atoms with Crippen LogP contribution in [0.4, 0.5) is 24.9 Å². The molecule has 0 spiro atoms. The Labute approximate surface area is 196 Å². The number of carboxylic acid groups (broad SMARTS) is 1. The molecule has 1 aliphatic rings. The van der Waals surface area contributed by atoms with Gasteiger partial charge in [0.15, 0.2) is 0 Å². The predicted molar refractivity (Wildman–Crippen MR) is 121 cm³/mol. The normalized spacial score (nSPS) is 13.4. The summed E-state index contributed by atoms with van der Waals surface area (Å²) in [5.74, 6) is -0.881. The zero-order valence-electron chi connectivity index (χ0n) is 19.6. The molecule has 0 aliphatic carbocycles. The highest BCUT2D eigenvalue weighted by molar-refractivity contribution is 5.98. The van der Waals surface area contributed by atoms with Gasteiger partial charge in [-0.3, -0.25) is 4.79 Å². The van der Waals surface area contributed by atoms with Gasteiger partial charge in [-0.1, -0.05) is 13.8 Å². The lowest BCUT2D eigenvalue weighted by molar-refractivity contribution is -0.192. The molecule has 0 atom stereocenters. The van der Waals surface area contributed by atoms with Gasteiger partial charge >= 0.3 is 12.1 Å². The van der Waals surface area contributed by atoms with Crippen molar-refractivity contribution in [3.8, 4) is 0 Å². The number of hydrogen-bond donors (Lipinski definition) is 2. The summed E-state index contributed by atoms with van der Waals surface area (Å²) in [7, 11) is 3.55. The second kappa shape index (κ2) is 11.6. The molecule has 0 saturated carbocycles. The number of amides is 1. The van der Waals surface area contributed by atoms with Crippen molar-refractivity contribution in [1.29, 1.82) is 0 Å². The Kier molecular flexibility index (Phi) is 9.16. The van der Waals surface area contributed by atoms with E-state index >= 15 is 0 Å². The lowest BCUT2D eigenvalue weighted by Gasteiger charge is -2.19. The lowest BCUT2D eigenvalue weighted by atomic mass is 10.0. The molecule has 0 radical (unpaired) electrons. The first-order valence-electron chi connectivity index (χ1n) is 10.7. The monoisotopic (exact) mass is 482 g/mol. The lowest BCUT2D eigenvalue weighted by Crippen LogP contribution is -2.27. The first kappa shape index (κ1) is 26.8. The Morgan fingerprint density at radius 3 is 2.29 bits per heavy atom. The summed E-state index contributed by atoms with van der Waals surface area (Å²) in [6.07, 6.45) is 0.0694. The molecular weight excluding hydrogens is 453 g/mol. The van der Waals surface area contributed by atoms with Crippen molar-refractivity contribution >= 4 is 23.6 Å². The number of nitrogens with zero attached hydrogens (tertiary/aromatic N) is 5. The molecule has 34 heavy (non-hydrogen) atoms. The molecule has 0 unspecified atom stereocenters. The molecule has 0 fully saturated rings. The van der Waals surface area contributed by atoms with Crippen LogP contribution in [-0.4, -0.2) is 76.7 Å². The van der Waals surface area contributed by atoms with Crippen molar-refractivity contribution in [1.82, 2.24) is 19.9 Å². The van der Waals surface area contributed by atoms with Crippen LogP contribution in [0.25, 0.3) is 0 Å². The maximum absolute atomic E-state index is 12.7. The number of hydrogen-bond acceptors (Lipinski definition) is 7. The zero-order chi connectivity index (χ0) is 25.5. The summed E-state index contributed by atoms with van der Waals surface area (Å²) >= 11 is 0. The average Bonchev–Trinajstić information content (AvgIpc) is 2.99. The third-order valence-corrected chi connectivity index (χ3v) is 4.85. The first-order chi connectivity index (χ1) is 15.9. The van der Waals surface area contributed by atoms with Crippen molar-refractivity contribution in [2.45, 2.75) is 32.9 Å². The second-order valence-corrected chi connectivity index (χ2v) is 8.30. The average molecular weight is 483 g/mol. The van der Waals surface area contributed by atoms with Gasteiger partial charge in [-0.2, -0.15) is 13.2 Å². The van der Waals surface area contributed by atoms with Gasteiger partial charge in [0.1, 0.15) is 5.82 Å². The SMILES string of the molecule is CC(C)CNc1nc2c(cc1C(=O)N(C)C)CCN(c1ncccn1)CC2.O=C(O)C(F)(F)F. The third-order valence-electron chi connectivity index (χ3n) is 4.85. The molecular formula is C22H29F3N6O3. The number of nitrogens with one attached hydrogen (secondary N) is 1. The number of halogens is 3. The fourth-order valence-corrected chi connectivity index (χ4v) is 3.13. The van der Waals surface area contributed by atoms with Crippen molar-refractivity contribution in [2.24, 2.45) is 5.92 Å². The predicted octanol–water partition coefficient (Wildman–Crippen LogP) is 2.88. The van der Waals surface area contributed by atoms with Gasteiger partial charge in [0.2, 0.25) is 5.95 Å². The summed E-state index contributed by atoms with van der Waals surface area (Å²) in [5, 5.41) is 10.5. The van der Waals surface area contributed by atoms with E-state index in [-0.39, 0.29) is 5.91 Å². The van der Waals surface area contributed by atoms with E-state index < -0.39 is 12.1 Å². The van der Waals surface area contributed by atoms with Crippen LogP contribution in [0.2, 0.25) is 0 Å². The maximum atomic E-state index is 12.7. The van der Waals surface area contributed by atoms with Crippen LogP contribution >= 0.6 is 0 Å². The van der Waals surface area contributed by atoms with E-state index in [0.717, 1.165) is 49.7 Å². The van der Waals surface area contributed by atoms with Crippen LogP contribution in [0, 0.1) is 5.92 Å². The van der Waals surface area contributed by atoms with Crippen molar-refractivity contribution < 1.29 is 27.9 Å². The Morgan fingerprint density at radius 2 is 1.76 bits per heavy atom. The van der Waals surface area contributed by atoms with Gasteiger partial charge in [0.05, 0.1) is 5.56 Å². The van der Waals surface area contributed by atoms with Gasteiger partial charge < -0.3 is 20.2 Å². The van der Waals surface area contributed by atoms with Crippen molar-refractivity contribution in [2.75, 3.05) is 43.9 Å². The largest absolute Gasteiger partial charge is 0.490 e. The number of anilines is 2. The third kappa shape index (κ3) is 7.56. The smallest absolute Gasteiger partial charge is 0.475 e. The summed E-state index contributed by atoms with van der Waals surface area (Å²) in [6, 6.07) is 3.84. The maximum Gasteiger partial charge on any atom is 0.490 e. The molecule has 2 aromatic heterocycles. The van der Waals surface area contributed by atoms with E-state index in [0.29, 0.717) is 17.3 Å². The van der Waals surface area contributed by atoms with Crippen LogP contribution in [0.1, 0.15) is 35.5 Å². The van der Waals surface area contributed by atoms with E-state index in [1.165, 1.54) is 0 Å². The van der Waals surface area contributed by atoms with Crippen molar-refractivity contribution in [3.63, 3.8) is 0 Å². The number of pyridine rings is 1. The molecule has 2 N–H and O–H groups in total. The van der Waals surface area contributed by atoms with Crippen molar-refractivity contribution in [3.05, 3.63) is 41.3 Å². The fraction of sp³-hybridized carbons (Fsp3) is 0.500.